The van der Waals surface area contributed by atoms with Crippen LogP contribution in [0.2, 0.25) is 0 Å². The molecule has 0 aliphatic heterocycles. The first-order chi connectivity index (χ1) is 8.27. The summed E-state index contributed by atoms with van der Waals surface area (Å²) >= 11 is 0. The number of benzene rings is 2. The minimum Gasteiger partial charge on any atom is -0.399 e. The number of ether oxygens (including phenoxy) is 1. The fraction of sp³-hybridized carbons (Fsp3) is 0.200. The summed E-state index contributed by atoms with van der Waals surface area (Å²) in [4.78, 5) is 0. The highest BCUT2D eigenvalue weighted by Crippen LogP contribution is 2.16. The standard InChI is InChI=1S/C15H17NO/c1-12-14(8-5-9-15(12)16)11-17-10-13-6-3-2-4-7-13/h2-9H,10-11,16H2,1H3. The molecular formula is C15H17NO. The third kappa shape index (κ3) is 3.08. The fourth-order valence-corrected chi connectivity index (χ4v) is 1.71. The van der Waals surface area contributed by atoms with Gasteiger partial charge in [-0.1, -0.05) is 42.5 Å². The Kier molecular flexibility index (Phi) is 3.78. The molecular weight excluding hydrogens is 210 g/mol. The van der Waals surface area contributed by atoms with Crippen LogP contribution >= 0.6 is 0 Å². The van der Waals surface area contributed by atoms with Gasteiger partial charge in [0.05, 0.1) is 13.2 Å². The van der Waals surface area contributed by atoms with Crippen molar-refractivity contribution >= 4 is 5.69 Å². The number of hydrogen-bond donors (Lipinski definition) is 1. The zero-order chi connectivity index (χ0) is 12.1. The topological polar surface area (TPSA) is 35.2 Å². The smallest absolute Gasteiger partial charge is 0.0724 e. The summed E-state index contributed by atoms with van der Waals surface area (Å²) in [5.74, 6) is 0. The molecule has 0 saturated heterocycles. The van der Waals surface area contributed by atoms with Crippen molar-refractivity contribution < 1.29 is 4.74 Å². The molecule has 0 aliphatic carbocycles. The molecule has 2 aromatic rings. The lowest BCUT2D eigenvalue weighted by Crippen LogP contribution is -1.99. The molecule has 0 unspecified atom stereocenters. The van der Waals surface area contributed by atoms with Crippen molar-refractivity contribution in [2.24, 2.45) is 0 Å². The third-order valence-corrected chi connectivity index (χ3v) is 2.86. The quantitative estimate of drug-likeness (QED) is 0.813. The monoisotopic (exact) mass is 227 g/mol. The second kappa shape index (κ2) is 5.51. The molecule has 2 N–H and O–H groups in total. The molecule has 0 heterocycles. The number of nitrogens with two attached hydrogens (primary N) is 1. The highest BCUT2D eigenvalue weighted by atomic mass is 16.5. The number of hydrogen-bond acceptors (Lipinski definition) is 2. The number of anilines is 1. The Labute approximate surface area is 102 Å². The third-order valence-electron chi connectivity index (χ3n) is 2.86. The van der Waals surface area contributed by atoms with E-state index in [0.717, 1.165) is 16.8 Å². The van der Waals surface area contributed by atoms with Crippen LogP contribution in [0.25, 0.3) is 0 Å². The van der Waals surface area contributed by atoms with E-state index in [1.165, 1.54) is 5.56 Å². The molecule has 0 aromatic heterocycles. The van der Waals surface area contributed by atoms with Gasteiger partial charge in [0, 0.05) is 5.69 Å². The SMILES string of the molecule is Cc1c(N)cccc1COCc1ccccc1. The second-order valence-electron chi connectivity index (χ2n) is 4.11. The first-order valence-corrected chi connectivity index (χ1v) is 5.73. The van der Waals surface area contributed by atoms with Gasteiger partial charge in [-0.2, -0.15) is 0 Å². The molecule has 0 amide bonds. The summed E-state index contributed by atoms with van der Waals surface area (Å²) in [6, 6.07) is 16.1. The van der Waals surface area contributed by atoms with Crippen molar-refractivity contribution in [1.82, 2.24) is 0 Å². The van der Waals surface area contributed by atoms with Gasteiger partial charge in [-0.05, 0) is 29.7 Å². The highest BCUT2D eigenvalue weighted by Gasteiger charge is 2.01. The maximum atomic E-state index is 5.85. The lowest BCUT2D eigenvalue weighted by molar-refractivity contribution is 0.107. The Morgan fingerprint density at radius 2 is 1.71 bits per heavy atom. The summed E-state index contributed by atoms with van der Waals surface area (Å²) in [5, 5.41) is 0. The van der Waals surface area contributed by atoms with Crippen LogP contribution in [0.15, 0.2) is 48.5 Å². The number of nitrogen functional groups attached to an aromatic ring is 1. The Morgan fingerprint density at radius 1 is 0.941 bits per heavy atom. The van der Waals surface area contributed by atoms with Crippen molar-refractivity contribution in [1.29, 1.82) is 0 Å². The normalized spacial score (nSPS) is 10.4. The van der Waals surface area contributed by atoms with Crippen LogP contribution < -0.4 is 5.73 Å². The summed E-state index contributed by atoms with van der Waals surface area (Å²) in [6.07, 6.45) is 0. The number of rotatable bonds is 4. The molecule has 2 aromatic carbocycles. The zero-order valence-corrected chi connectivity index (χ0v) is 10.0. The van der Waals surface area contributed by atoms with Crippen LogP contribution in [0.1, 0.15) is 16.7 Å². The molecule has 2 heteroatoms. The minimum atomic E-state index is 0.603. The van der Waals surface area contributed by atoms with E-state index in [1.54, 1.807) is 0 Å². The molecule has 2 nitrogen and oxygen atoms in total. The molecule has 0 saturated carbocycles. The van der Waals surface area contributed by atoms with Gasteiger partial charge in [-0.15, -0.1) is 0 Å². The maximum absolute atomic E-state index is 5.85. The predicted molar refractivity (Wildman–Crippen MR) is 70.5 cm³/mol. The molecule has 0 radical (unpaired) electrons. The predicted octanol–water partition coefficient (Wildman–Crippen LogP) is 3.29. The lowest BCUT2D eigenvalue weighted by Gasteiger charge is -2.09. The summed E-state index contributed by atoms with van der Waals surface area (Å²) in [7, 11) is 0. The molecule has 0 spiro atoms. The average Bonchev–Trinajstić information content (AvgIpc) is 2.36. The van der Waals surface area contributed by atoms with Gasteiger partial charge >= 0.3 is 0 Å². The van der Waals surface area contributed by atoms with E-state index in [2.05, 4.69) is 18.2 Å². The van der Waals surface area contributed by atoms with E-state index in [9.17, 15) is 0 Å². The Hall–Kier alpha value is -1.80. The Morgan fingerprint density at radius 3 is 2.47 bits per heavy atom. The highest BCUT2D eigenvalue weighted by molar-refractivity contribution is 5.49. The first-order valence-electron chi connectivity index (χ1n) is 5.73. The minimum absolute atomic E-state index is 0.603. The molecule has 17 heavy (non-hydrogen) atoms. The van der Waals surface area contributed by atoms with Crippen molar-refractivity contribution in [3.63, 3.8) is 0 Å². The zero-order valence-electron chi connectivity index (χ0n) is 10.0. The molecule has 0 atom stereocenters. The average molecular weight is 227 g/mol. The Balaban J connectivity index is 1.93. The van der Waals surface area contributed by atoms with Crippen molar-refractivity contribution in [3.05, 3.63) is 65.2 Å². The van der Waals surface area contributed by atoms with Gasteiger partial charge in [0.2, 0.25) is 0 Å². The summed E-state index contributed by atoms with van der Waals surface area (Å²) in [5.41, 5.74) is 10.1. The molecule has 0 bridgehead atoms. The van der Waals surface area contributed by atoms with Crippen molar-refractivity contribution in [2.75, 3.05) is 5.73 Å². The van der Waals surface area contributed by atoms with Crippen LogP contribution in [-0.4, -0.2) is 0 Å². The molecule has 0 aliphatic rings. The van der Waals surface area contributed by atoms with Gasteiger partial charge in [0.1, 0.15) is 0 Å². The Bertz CT molecular complexity index is 480. The van der Waals surface area contributed by atoms with Crippen molar-refractivity contribution in [2.45, 2.75) is 20.1 Å². The maximum Gasteiger partial charge on any atom is 0.0724 e. The van der Waals surface area contributed by atoms with Crippen LogP contribution in [0, 0.1) is 6.92 Å². The van der Waals surface area contributed by atoms with E-state index in [0.29, 0.717) is 13.2 Å². The van der Waals surface area contributed by atoms with E-state index >= 15 is 0 Å². The summed E-state index contributed by atoms with van der Waals surface area (Å²) in [6.45, 7) is 3.26. The molecule has 2 rings (SSSR count). The van der Waals surface area contributed by atoms with Gasteiger partial charge in [0.25, 0.3) is 0 Å². The van der Waals surface area contributed by atoms with Gasteiger partial charge < -0.3 is 10.5 Å². The van der Waals surface area contributed by atoms with E-state index < -0.39 is 0 Å². The largest absolute Gasteiger partial charge is 0.399 e. The summed E-state index contributed by atoms with van der Waals surface area (Å²) < 4.78 is 5.69. The van der Waals surface area contributed by atoms with Gasteiger partial charge in [-0.3, -0.25) is 0 Å². The van der Waals surface area contributed by atoms with Crippen LogP contribution in [0.5, 0.6) is 0 Å². The van der Waals surface area contributed by atoms with Crippen LogP contribution in [0.3, 0.4) is 0 Å². The first kappa shape index (κ1) is 11.7. The van der Waals surface area contributed by atoms with E-state index in [1.807, 2.05) is 37.3 Å². The van der Waals surface area contributed by atoms with E-state index in [-0.39, 0.29) is 0 Å². The van der Waals surface area contributed by atoms with Crippen LogP contribution in [0.4, 0.5) is 5.69 Å². The van der Waals surface area contributed by atoms with Gasteiger partial charge in [0.15, 0.2) is 0 Å². The molecule has 0 fully saturated rings. The van der Waals surface area contributed by atoms with E-state index in [4.69, 9.17) is 10.5 Å². The second-order valence-corrected chi connectivity index (χ2v) is 4.11. The van der Waals surface area contributed by atoms with Crippen LogP contribution in [-0.2, 0) is 18.0 Å². The van der Waals surface area contributed by atoms with Crippen molar-refractivity contribution in [3.8, 4) is 0 Å². The molecule has 88 valence electrons. The fourth-order valence-electron chi connectivity index (χ4n) is 1.71. The lowest BCUT2D eigenvalue weighted by atomic mass is 10.1. The van der Waals surface area contributed by atoms with Gasteiger partial charge in [-0.25, -0.2) is 0 Å².